The Morgan fingerprint density at radius 2 is 1.85 bits per heavy atom. The zero-order valence-corrected chi connectivity index (χ0v) is 14.4. The predicted molar refractivity (Wildman–Crippen MR) is 97.1 cm³/mol. The van der Waals surface area contributed by atoms with E-state index < -0.39 is 10.5 Å². The number of benzene rings is 2. The van der Waals surface area contributed by atoms with Gasteiger partial charge in [0.15, 0.2) is 5.78 Å². The lowest BCUT2D eigenvalue weighted by Gasteiger charge is -2.33. The molecule has 0 saturated carbocycles. The molecule has 0 aromatic heterocycles. The average Bonchev–Trinajstić information content (AvgIpc) is 3.25. The van der Waals surface area contributed by atoms with Gasteiger partial charge in [-0.3, -0.25) is 14.9 Å². The molecule has 4 atom stereocenters. The van der Waals surface area contributed by atoms with Crippen LogP contribution < -0.4 is 0 Å². The number of nitrogens with zero attached hydrogens (tertiary/aromatic N) is 1. The second-order valence-electron chi connectivity index (χ2n) is 6.83. The lowest BCUT2D eigenvalue weighted by molar-refractivity contribution is -0.384. The van der Waals surface area contributed by atoms with Gasteiger partial charge >= 0.3 is 0 Å². The predicted octanol–water partition coefficient (Wildman–Crippen LogP) is 4.29. The van der Waals surface area contributed by atoms with Crippen molar-refractivity contribution >= 4 is 11.5 Å². The highest BCUT2D eigenvalue weighted by Crippen LogP contribution is 2.54. The molecule has 2 aromatic carbocycles. The normalized spacial score (nSPS) is 29.0. The number of Topliss-reactive ketones (excluding diaryl/α,β-unsaturated/α-hetero) is 1. The molecule has 1 fully saturated rings. The number of fused-ring (bicyclic) bond motifs is 2. The maximum absolute atomic E-state index is 13.2. The van der Waals surface area contributed by atoms with Crippen molar-refractivity contribution in [2.75, 3.05) is 0 Å². The van der Waals surface area contributed by atoms with Gasteiger partial charge in [0.25, 0.3) is 5.69 Å². The second-order valence-corrected chi connectivity index (χ2v) is 6.83. The monoisotopic (exact) mass is 349 g/mol. The third kappa shape index (κ3) is 2.47. The van der Waals surface area contributed by atoms with Gasteiger partial charge in [-0.15, -0.1) is 0 Å². The van der Waals surface area contributed by atoms with Gasteiger partial charge in [-0.1, -0.05) is 61.5 Å². The standard InChI is InChI=1S/C21H19NO4/c1-2-21-13-12-17(26-21)18(20(23)15-6-4-3-5-7-15)19(21)14-8-10-16(11-9-14)22(24)25/h3-13,17-19H,2H2,1H3. The summed E-state index contributed by atoms with van der Waals surface area (Å²) in [6.07, 6.45) is 4.51. The van der Waals surface area contributed by atoms with E-state index in [1.54, 1.807) is 12.1 Å². The molecule has 2 aliphatic heterocycles. The zero-order chi connectivity index (χ0) is 18.3. The highest BCUT2D eigenvalue weighted by molar-refractivity contribution is 5.99. The number of carbonyl (C=O) groups is 1. The van der Waals surface area contributed by atoms with Crippen LogP contribution in [-0.2, 0) is 4.74 Å². The van der Waals surface area contributed by atoms with Gasteiger partial charge in [-0.05, 0) is 12.0 Å². The summed E-state index contributed by atoms with van der Waals surface area (Å²) in [6.45, 7) is 2.04. The van der Waals surface area contributed by atoms with Gasteiger partial charge in [-0.2, -0.15) is 0 Å². The first-order chi connectivity index (χ1) is 12.6. The molecule has 0 aliphatic carbocycles. The first-order valence-corrected chi connectivity index (χ1v) is 8.76. The van der Waals surface area contributed by atoms with Crippen molar-refractivity contribution in [2.45, 2.75) is 31.0 Å². The minimum Gasteiger partial charge on any atom is -0.362 e. The van der Waals surface area contributed by atoms with E-state index >= 15 is 0 Å². The molecule has 0 N–H and O–H groups in total. The van der Waals surface area contributed by atoms with E-state index in [4.69, 9.17) is 4.74 Å². The topological polar surface area (TPSA) is 69.4 Å². The van der Waals surface area contributed by atoms with Gasteiger partial charge in [0.1, 0.15) is 0 Å². The second kappa shape index (κ2) is 6.18. The third-order valence-electron chi connectivity index (χ3n) is 5.54. The minimum absolute atomic E-state index is 0.0462. The van der Waals surface area contributed by atoms with Crippen molar-refractivity contribution in [1.82, 2.24) is 0 Å². The Labute approximate surface area is 151 Å². The lowest BCUT2D eigenvalue weighted by Crippen LogP contribution is -2.36. The minimum atomic E-state index is -0.532. The summed E-state index contributed by atoms with van der Waals surface area (Å²) in [5, 5.41) is 11.0. The van der Waals surface area contributed by atoms with E-state index in [0.717, 1.165) is 12.0 Å². The van der Waals surface area contributed by atoms with Gasteiger partial charge in [0, 0.05) is 23.6 Å². The zero-order valence-electron chi connectivity index (χ0n) is 14.4. The van der Waals surface area contributed by atoms with Gasteiger partial charge in [-0.25, -0.2) is 0 Å². The molecule has 2 heterocycles. The molecule has 2 bridgehead atoms. The van der Waals surface area contributed by atoms with Crippen LogP contribution in [0.2, 0.25) is 0 Å². The maximum Gasteiger partial charge on any atom is 0.269 e. The molecule has 2 aliphatic rings. The summed E-state index contributed by atoms with van der Waals surface area (Å²) in [5.74, 6) is -0.432. The van der Waals surface area contributed by atoms with Gasteiger partial charge in [0.2, 0.25) is 0 Å². The molecular weight excluding hydrogens is 330 g/mol. The molecule has 0 amide bonds. The number of ether oxygens (including phenoxy) is 1. The van der Waals surface area contributed by atoms with Gasteiger partial charge < -0.3 is 4.74 Å². The summed E-state index contributed by atoms with van der Waals surface area (Å²) >= 11 is 0. The highest BCUT2D eigenvalue weighted by Gasteiger charge is 2.58. The fourth-order valence-electron chi connectivity index (χ4n) is 4.26. The van der Waals surface area contributed by atoms with Crippen LogP contribution in [0.15, 0.2) is 66.7 Å². The van der Waals surface area contributed by atoms with Crippen LogP contribution in [0.3, 0.4) is 0 Å². The number of rotatable bonds is 5. The number of nitro groups is 1. The molecule has 0 spiro atoms. The molecule has 132 valence electrons. The molecule has 5 heteroatoms. The smallest absolute Gasteiger partial charge is 0.269 e. The summed E-state index contributed by atoms with van der Waals surface area (Å²) in [4.78, 5) is 23.8. The van der Waals surface area contributed by atoms with Crippen LogP contribution in [0.5, 0.6) is 0 Å². The summed E-state index contributed by atoms with van der Waals surface area (Å²) in [6, 6.07) is 15.7. The van der Waals surface area contributed by atoms with Crippen molar-refractivity contribution in [3.8, 4) is 0 Å². The van der Waals surface area contributed by atoms with Crippen molar-refractivity contribution in [2.24, 2.45) is 5.92 Å². The van der Waals surface area contributed by atoms with Crippen LogP contribution in [0.1, 0.15) is 35.2 Å². The Kier molecular flexibility index (Phi) is 3.96. The summed E-state index contributed by atoms with van der Waals surface area (Å²) < 4.78 is 6.24. The van der Waals surface area contributed by atoms with Crippen LogP contribution in [0.25, 0.3) is 0 Å². The number of hydrogen-bond donors (Lipinski definition) is 0. The van der Waals surface area contributed by atoms with Crippen LogP contribution in [0.4, 0.5) is 5.69 Å². The first-order valence-electron chi connectivity index (χ1n) is 8.76. The molecule has 1 saturated heterocycles. The van der Waals surface area contributed by atoms with E-state index in [1.165, 1.54) is 12.1 Å². The number of non-ortho nitro benzene ring substituents is 1. The van der Waals surface area contributed by atoms with Crippen molar-refractivity contribution < 1.29 is 14.5 Å². The summed E-state index contributed by atoms with van der Waals surface area (Å²) in [7, 11) is 0. The van der Waals surface area contributed by atoms with Crippen molar-refractivity contribution in [3.05, 3.63) is 88.0 Å². The maximum atomic E-state index is 13.2. The van der Waals surface area contributed by atoms with Crippen LogP contribution >= 0.6 is 0 Å². The van der Waals surface area contributed by atoms with Crippen molar-refractivity contribution in [1.29, 1.82) is 0 Å². The SMILES string of the molecule is CCC12C=CC(O1)C(C(=O)c1ccccc1)C2c1ccc([N+](=O)[O-])cc1. The molecule has 26 heavy (non-hydrogen) atoms. The fraction of sp³-hybridized carbons (Fsp3) is 0.286. The van der Waals surface area contributed by atoms with Crippen molar-refractivity contribution in [3.63, 3.8) is 0 Å². The number of carbonyl (C=O) groups excluding carboxylic acids is 1. The molecular formula is C21H19NO4. The van der Waals surface area contributed by atoms with E-state index in [1.807, 2.05) is 43.3 Å². The Hall–Kier alpha value is -2.79. The Bertz CT molecular complexity index is 875. The number of ketones is 1. The van der Waals surface area contributed by atoms with Gasteiger partial charge in [0.05, 0.1) is 22.5 Å². The molecule has 4 rings (SSSR count). The van der Waals surface area contributed by atoms with E-state index in [-0.39, 0.29) is 29.4 Å². The molecule has 2 aromatic rings. The highest BCUT2D eigenvalue weighted by atomic mass is 16.6. The Morgan fingerprint density at radius 1 is 1.15 bits per heavy atom. The van der Waals surface area contributed by atoms with Crippen LogP contribution in [-0.4, -0.2) is 22.4 Å². The average molecular weight is 349 g/mol. The summed E-state index contributed by atoms with van der Waals surface area (Å²) in [5.41, 5.74) is 1.08. The Balaban J connectivity index is 1.76. The molecule has 4 unspecified atom stereocenters. The molecule has 0 radical (unpaired) electrons. The van der Waals surface area contributed by atoms with E-state index in [0.29, 0.717) is 5.56 Å². The van der Waals surface area contributed by atoms with Crippen LogP contribution in [0, 0.1) is 16.0 Å². The lowest BCUT2D eigenvalue weighted by atomic mass is 9.68. The Morgan fingerprint density at radius 3 is 2.46 bits per heavy atom. The molecule has 5 nitrogen and oxygen atoms in total. The van der Waals surface area contributed by atoms with E-state index in [9.17, 15) is 14.9 Å². The largest absolute Gasteiger partial charge is 0.362 e. The first kappa shape index (κ1) is 16.7. The van der Waals surface area contributed by atoms with E-state index in [2.05, 4.69) is 6.08 Å². The third-order valence-corrected chi connectivity index (χ3v) is 5.54. The number of hydrogen-bond acceptors (Lipinski definition) is 4. The quantitative estimate of drug-likeness (QED) is 0.349. The fourth-order valence-corrected chi connectivity index (χ4v) is 4.26. The number of nitro benzene ring substituents is 1.